The molecular formula is C12H16N2O2S. The summed E-state index contributed by atoms with van der Waals surface area (Å²) >= 11 is 0. The predicted molar refractivity (Wildman–Crippen MR) is 68.1 cm³/mol. The summed E-state index contributed by atoms with van der Waals surface area (Å²) in [5.74, 6) is 0.697. The summed E-state index contributed by atoms with van der Waals surface area (Å²) in [6, 6.07) is 9.29. The lowest BCUT2D eigenvalue weighted by Crippen LogP contribution is -2.49. The van der Waals surface area contributed by atoms with Crippen LogP contribution in [0.3, 0.4) is 0 Å². The van der Waals surface area contributed by atoms with Crippen molar-refractivity contribution in [3.63, 3.8) is 0 Å². The average molecular weight is 252 g/mol. The van der Waals surface area contributed by atoms with Gasteiger partial charge in [-0.15, -0.1) is 0 Å². The number of hydrogen-bond donors (Lipinski definition) is 1. The van der Waals surface area contributed by atoms with Crippen LogP contribution in [0.4, 0.5) is 0 Å². The van der Waals surface area contributed by atoms with E-state index < -0.39 is 9.84 Å². The molecule has 1 saturated heterocycles. The molecular weight excluding hydrogens is 236 g/mol. The van der Waals surface area contributed by atoms with Gasteiger partial charge in [0.15, 0.2) is 9.84 Å². The van der Waals surface area contributed by atoms with E-state index in [4.69, 9.17) is 5.41 Å². The van der Waals surface area contributed by atoms with E-state index in [9.17, 15) is 8.42 Å². The molecule has 4 nitrogen and oxygen atoms in total. The first-order chi connectivity index (χ1) is 7.99. The lowest BCUT2D eigenvalue weighted by molar-refractivity contribution is 0.351. The molecule has 0 saturated carbocycles. The Morgan fingerprint density at radius 2 is 2.00 bits per heavy atom. The number of hydrogen-bond acceptors (Lipinski definition) is 3. The van der Waals surface area contributed by atoms with Crippen molar-refractivity contribution in [2.24, 2.45) is 0 Å². The molecule has 2 rings (SSSR count). The highest BCUT2D eigenvalue weighted by Gasteiger charge is 2.29. The van der Waals surface area contributed by atoms with E-state index in [1.165, 1.54) is 0 Å². The monoisotopic (exact) mass is 252 g/mol. The van der Waals surface area contributed by atoms with Crippen molar-refractivity contribution < 1.29 is 8.42 Å². The Kier molecular flexibility index (Phi) is 3.19. The molecule has 5 heteroatoms. The van der Waals surface area contributed by atoms with Crippen LogP contribution in [0.1, 0.15) is 12.5 Å². The predicted octanol–water partition coefficient (Wildman–Crippen LogP) is 1.13. The zero-order valence-electron chi connectivity index (χ0n) is 9.76. The van der Waals surface area contributed by atoms with E-state index >= 15 is 0 Å². The van der Waals surface area contributed by atoms with Crippen LogP contribution in [0.5, 0.6) is 0 Å². The minimum absolute atomic E-state index is 0.124. The molecule has 1 atom stereocenters. The normalized spacial score (nSPS) is 23.4. The number of nitrogens with zero attached hydrogens (tertiary/aromatic N) is 1. The highest BCUT2D eigenvalue weighted by Crippen LogP contribution is 2.15. The van der Waals surface area contributed by atoms with E-state index in [0.29, 0.717) is 12.4 Å². The van der Waals surface area contributed by atoms with Gasteiger partial charge in [0.25, 0.3) is 0 Å². The van der Waals surface area contributed by atoms with Gasteiger partial charge in [-0.25, -0.2) is 8.42 Å². The van der Waals surface area contributed by atoms with Crippen molar-refractivity contribution in [2.75, 3.05) is 18.1 Å². The number of amidine groups is 1. The molecule has 17 heavy (non-hydrogen) atoms. The first-order valence-corrected chi connectivity index (χ1v) is 7.43. The standard InChI is InChI=1S/C12H16N2O2S/c1-10-9-17(15,16)8-7-14(10)12(13)11-5-3-2-4-6-11/h2-6,10,13H,7-9H2,1H3. The molecule has 1 aromatic carbocycles. The smallest absolute Gasteiger partial charge is 0.154 e. The number of sulfone groups is 1. The largest absolute Gasteiger partial charge is 0.352 e. The zero-order chi connectivity index (χ0) is 12.5. The van der Waals surface area contributed by atoms with Gasteiger partial charge in [-0.3, -0.25) is 5.41 Å². The Hall–Kier alpha value is -1.36. The summed E-state index contributed by atoms with van der Waals surface area (Å²) in [7, 11) is -2.92. The van der Waals surface area contributed by atoms with Crippen LogP contribution in [0.25, 0.3) is 0 Å². The fourth-order valence-corrected chi connectivity index (χ4v) is 3.65. The molecule has 1 heterocycles. The van der Waals surface area contributed by atoms with Crippen LogP contribution in [-0.4, -0.2) is 43.2 Å². The molecule has 1 aromatic rings. The number of benzene rings is 1. The quantitative estimate of drug-likeness (QED) is 0.602. The molecule has 0 bridgehead atoms. The molecule has 1 unspecified atom stereocenters. The van der Waals surface area contributed by atoms with Gasteiger partial charge in [0.2, 0.25) is 0 Å². The van der Waals surface area contributed by atoms with Gasteiger partial charge in [0.05, 0.1) is 11.5 Å². The van der Waals surface area contributed by atoms with Crippen LogP contribution in [0.2, 0.25) is 0 Å². The third-order valence-electron chi connectivity index (χ3n) is 3.00. The summed E-state index contributed by atoms with van der Waals surface area (Å²) in [6.07, 6.45) is 0. The maximum Gasteiger partial charge on any atom is 0.154 e. The van der Waals surface area contributed by atoms with Crippen LogP contribution < -0.4 is 0 Å². The topological polar surface area (TPSA) is 61.2 Å². The van der Waals surface area contributed by atoms with Crippen molar-refractivity contribution >= 4 is 15.7 Å². The summed E-state index contributed by atoms with van der Waals surface area (Å²) in [5, 5.41) is 8.12. The van der Waals surface area contributed by atoms with Gasteiger partial charge < -0.3 is 4.90 Å². The fraction of sp³-hybridized carbons (Fsp3) is 0.417. The van der Waals surface area contributed by atoms with Crippen molar-refractivity contribution in [3.05, 3.63) is 35.9 Å². The van der Waals surface area contributed by atoms with Gasteiger partial charge in [0, 0.05) is 18.2 Å². The lowest BCUT2D eigenvalue weighted by atomic mass is 10.1. The Balaban J connectivity index is 2.17. The Morgan fingerprint density at radius 3 is 2.59 bits per heavy atom. The summed E-state index contributed by atoms with van der Waals surface area (Å²) in [6.45, 7) is 2.27. The minimum atomic E-state index is -2.92. The van der Waals surface area contributed by atoms with Crippen LogP contribution in [0, 0.1) is 5.41 Å². The molecule has 1 N–H and O–H groups in total. The minimum Gasteiger partial charge on any atom is -0.352 e. The van der Waals surface area contributed by atoms with Gasteiger partial charge in [-0.2, -0.15) is 0 Å². The maximum atomic E-state index is 11.5. The van der Waals surface area contributed by atoms with Crippen LogP contribution in [-0.2, 0) is 9.84 Å². The highest BCUT2D eigenvalue weighted by molar-refractivity contribution is 7.91. The summed E-state index contributed by atoms with van der Waals surface area (Å²) < 4.78 is 22.9. The summed E-state index contributed by atoms with van der Waals surface area (Å²) in [5.41, 5.74) is 0.832. The highest BCUT2D eigenvalue weighted by atomic mass is 32.2. The van der Waals surface area contributed by atoms with Crippen LogP contribution in [0.15, 0.2) is 30.3 Å². The van der Waals surface area contributed by atoms with Crippen molar-refractivity contribution in [3.8, 4) is 0 Å². The number of rotatable bonds is 1. The number of nitrogens with one attached hydrogen (secondary N) is 1. The van der Waals surface area contributed by atoms with Crippen molar-refractivity contribution in [1.82, 2.24) is 4.90 Å². The molecule has 1 aliphatic heterocycles. The van der Waals surface area contributed by atoms with Crippen molar-refractivity contribution in [2.45, 2.75) is 13.0 Å². The van der Waals surface area contributed by atoms with E-state index in [0.717, 1.165) is 5.56 Å². The first-order valence-electron chi connectivity index (χ1n) is 5.60. The molecule has 0 amide bonds. The maximum absolute atomic E-state index is 11.5. The van der Waals surface area contributed by atoms with E-state index in [2.05, 4.69) is 0 Å². The zero-order valence-corrected chi connectivity index (χ0v) is 10.6. The van der Waals surface area contributed by atoms with E-state index in [1.807, 2.05) is 42.2 Å². The second kappa shape index (κ2) is 4.49. The molecule has 0 aliphatic carbocycles. The molecule has 92 valence electrons. The molecule has 1 aliphatic rings. The van der Waals surface area contributed by atoms with E-state index in [-0.39, 0.29) is 17.5 Å². The van der Waals surface area contributed by atoms with Gasteiger partial charge in [-0.1, -0.05) is 30.3 Å². The average Bonchev–Trinajstić information content (AvgIpc) is 2.28. The van der Waals surface area contributed by atoms with Gasteiger partial charge >= 0.3 is 0 Å². The fourth-order valence-electron chi connectivity index (χ4n) is 2.09. The molecule has 0 radical (unpaired) electrons. The Labute approximate surface area is 102 Å². The molecule has 0 spiro atoms. The van der Waals surface area contributed by atoms with Crippen molar-refractivity contribution in [1.29, 1.82) is 5.41 Å². The van der Waals surface area contributed by atoms with Gasteiger partial charge in [0.1, 0.15) is 5.84 Å². The lowest BCUT2D eigenvalue weighted by Gasteiger charge is -2.35. The Morgan fingerprint density at radius 1 is 1.35 bits per heavy atom. The molecule has 1 fully saturated rings. The second-order valence-corrected chi connectivity index (χ2v) is 6.60. The second-order valence-electron chi connectivity index (χ2n) is 4.37. The van der Waals surface area contributed by atoms with E-state index in [1.54, 1.807) is 0 Å². The third-order valence-corrected chi connectivity index (χ3v) is 4.80. The first kappa shape index (κ1) is 12.1. The molecule has 0 aromatic heterocycles. The summed E-state index contributed by atoms with van der Waals surface area (Å²) in [4.78, 5) is 1.86. The van der Waals surface area contributed by atoms with Gasteiger partial charge in [-0.05, 0) is 6.92 Å². The van der Waals surface area contributed by atoms with Crippen LogP contribution >= 0.6 is 0 Å². The Bertz CT molecular complexity index is 511. The third kappa shape index (κ3) is 2.66. The SMILES string of the molecule is CC1CS(=O)(=O)CCN1C(=N)c1ccccc1.